The largest absolute Gasteiger partial charge is 0.455 e. The Bertz CT molecular complexity index is 915. The van der Waals surface area contributed by atoms with Gasteiger partial charge in [-0.3, -0.25) is 9.59 Å². The number of ether oxygens (including phenoxy) is 1. The highest BCUT2D eigenvalue weighted by molar-refractivity contribution is 6.30. The van der Waals surface area contributed by atoms with E-state index in [1.807, 2.05) is 18.2 Å². The van der Waals surface area contributed by atoms with Crippen molar-refractivity contribution in [1.82, 2.24) is 5.32 Å². The summed E-state index contributed by atoms with van der Waals surface area (Å²) in [6.07, 6.45) is 3.03. The average Bonchev–Trinajstić information content (AvgIpc) is 3.14. The van der Waals surface area contributed by atoms with E-state index in [9.17, 15) is 14.4 Å². The molecule has 0 saturated carbocycles. The van der Waals surface area contributed by atoms with Gasteiger partial charge in [-0.25, -0.2) is 4.79 Å². The minimum Gasteiger partial charge on any atom is -0.455 e. The molecule has 0 unspecified atom stereocenters. The van der Waals surface area contributed by atoms with Crippen molar-refractivity contribution in [2.24, 2.45) is 5.73 Å². The zero-order chi connectivity index (χ0) is 20.8. The topological polar surface area (TPSA) is 111 Å². The minimum atomic E-state index is -0.771. The maximum Gasteiger partial charge on any atom is 0.312 e. The number of halogens is 1. The number of aryl methyl sites for hydroxylation is 2. The predicted molar refractivity (Wildman–Crippen MR) is 110 cm³/mol. The van der Waals surface area contributed by atoms with Gasteiger partial charge in [0.1, 0.15) is 0 Å². The molecule has 29 heavy (non-hydrogen) atoms. The molecule has 0 radical (unpaired) electrons. The number of carbonyl (C=O) groups is 3. The molecule has 3 rings (SSSR count). The van der Waals surface area contributed by atoms with Crippen LogP contribution in [0.2, 0.25) is 5.02 Å². The summed E-state index contributed by atoms with van der Waals surface area (Å²) in [7, 11) is 0. The molecule has 1 aliphatic carbocycles. The maximum absolute atomic E-state index is 12.2. The van der Waals surface area contributed by atoms with Gasteiger partial charge in [-0.05, 0) is 60.2 Å². The molecule has 3 amide bonds. The zero-order valence-electron chi connectivity index (χ0n) is 15.7. The third kappa shape index (κ3) is 5.96. The van der Waals surface area contributed by atoms with Crippen LogP contribution in [0.25, 0.3) is 0 Å². The Hall–Kier alpha value is -3.06. The second kappa shape index (κ2) is 9.43. The summed E-state index contributed by atoms with van der Waals surface area (Å²) in [6.45, 7) is -0.417. The number of hydrogen-bond acceptors (Lipinski definition) is 4. The molecule has 8 heteroatoms. The summed E-state index contributed by atoms with van der Waals surface area (Å²) in [4.78, 5) is 35.5. The molecule has 0 spiro atoms. The summed E-state index contributed by atoms with van der Waals surface area (Å²) in [5, 5.41) is 5.75. The van der Waals surface area contributed by atoms with Gasteiger partial charge in [0.25, 0.3) is 5.91 Å². The molecule has 4 N–H and O–H groups in total. The first-order chi connectivity index (χ1) is 13.9. The molecule has 0 fully saturated rings. The highest BCUT2D eigenvalue weighted by atomic mass is 35.5. The Morgan fingerprint density at radius 3 is 2.52 bits per heavy atom. The number of primary amides is 1. The van der Waals surface area contributed by atoms with Gasteiger partial charge in [0, 0.05) is 10.7 Å². The smallest absolute Gasteiger partial charge is 0.312 e. The van der Waals surface area contributed by atoms with Crippen LogP contribution in [-0.4, -0.2) is 24.5 Å². The predicted octanol–water partition coefficient (Wildman–Crippen LogP) is 3.11. The quantitative estimate of drug-likeness (QED) is 0.603. The van der Waals surface area contributed by atoms with E-state index in [1.54, 1.807) is 24.3 Å². The number of fused-ring (bicyclic) bond motifs is 1. The number of rotatable bonds is 7. The fourth-order valence-corrected chi connectivity index (χ4v) is 3.46. The first-order valence-electron chi connectivity index (χ1n) is 9.29. The van der Waals surface area contributed by atoms with E-state index >= 15 is 0 Å². The second-order valence-corrected chi connectivity index (χ2v) is 7.30. The van der Waals surface area contributed by atoms with Crippen molar-refractivity contribution in [2.45, 2.75) is 31.7 Å². The highest BCUT2D eigenvalue weighted by Crippen LogP contribution is 2.25. The van der Waals surface area contributed by atoms with Gasteiger partial charge >= 0.3 is 12.0 Å². The first kappa shape index (κ1) is 20.7. The van der Waals surface area contributed by atoms with Crippen LogP contribution in [0, 0.1) is 0 Å². The maximum atomic E-state index is 12.2. The summed E-state index contributed by atoms with van der Waals surface area (Å²) in [5.74, 6) is -1.06. The van der Waals surface area contributed by atoms with E-state index < -0.39 is 30.6 Å². The normalized spacial score (nSPS) is 13.3. The molecule has 2 aromatic carbocycles. The third-order valence-corrected chi connectivity index (χ3v) is 4.96. The van der Waals surface area contributed by atoms with Crippen LogP contribution < -0.4 is 16.4 Å². The molecule has 7 nitrogen and oxygen atoms in total. The van der Waals surface area contributed by atoms with Gasteiger partial charge in [0.15, 0.2) is 6.61 Å². The number of carbonyl (C=O) groups excluding carboxylic acids is 3. The number of anilines is 1. The lowest BCUT2D eigenvalue weighted by atomic mass is 10.0. The molecular weight excluding hydrogens is 394 g/mol. The SMILES string of the molecule is NC(=O)N[C@H](CC(=O)OCC(=O)Nc1ccc2c(c1)CCC2)c1ccc(Cl)cc1. The molecule has 0 aromatic heterocycles. The molecule has 2 aromatic rings. The van der Waals surface area contributed by atoms with Gasteiger partial charge in [-0.15, -0.1) is 0 Å². The Balaban J connectivity index is 1.52. The Labute approximate surface area is 173 Å². The Morgan fingerprint density at radius 2 is 1.79 bits per heavy atom. The molecule has 0 heterocycles. The number of urea groups is 1. The summed E-state index contributed by atoms with van der Waals surface area (Å²) >= 11 is 5.86. The molecular formula is C21H22ClN3O4. The lowest BCUT2D eigenvalue weighted by Crippen LogP contribution is -2.35. The van der Waals surface area contributed by atoms with Crippen LogP contribution in [0.15, 0.2) is 42.5 Å². The molecule has 0 bridgehead atoms. The van der Waals surface area contributed by atoms with Crippen molar-refractivity contribution in [3.8, 4) is 0 Å². The number of nitrogens with one attached hydrogen (secondary N) is 2. The number of nitrogens with two attached hydrogens (primary N) is 1. The van der Waals surface area contributed by atoms with Crippen LogP contribution in [0.3, 0.4) is 0 Å². The fraction of sp³-hybridized carbons (Fsp3) is 0.286. The summed E-state index contributed by atoms with van der Waals surface area (Å²) in [6, 6.07) is 11.0. The van der Waals surface area contributed by atoms with E-state index in [0.29, 0.717) is 16.3 Å². The van der Waals surface area contributed by atoms with Crippen LogP contribution in [0.1, 0.15) is 35.6 Å². The summed E-state index contributed by atoms with van der Waals surface area (Å²) < 4.78 is 5.06. The minimum absolute atomic E-state index is 0.170. The van der Waals surface area contributed by atoms with Crippen molar-refractivity contribution in [3.63, 3.8) is 0 Å². The average molecular weight is 416 g/mol. The van der Waals surface area contributed by atoms with Crippen LogP contribution in [0.5, 0.6) is 0 Å². The standard InChI is InChI=1S/C21H22ClN3O4/c22-16-7-4-14(5-8-16)18(25-21(23)28)11-20(27)29-12-19(26)24-17-9-6-13-2-1-3-15(13)10-17/h4-10,18H,1-3,11-12H2,(H,24,26)(H3,23,25,28)/t18-/m1/s1. The molecule has 0 aliphatic heterocycles. The van der Waals surface area contributed by atoms with Crippen molar-refractivity contribution in [2.75, 3.05) is 11.9 Å². The van der Waals surface area contributed by atoms with E-state index in [2.05, 4.69) is 10.6 Å². The van der Waals surface area contributed by atoms with Gasteiger partial charge in [-0.1, -0.05) is 29.8 Å². The number of benzene rings is 2. The van der Waals surface area contributed by atoms with Crippen molar-refractivity contribution in [3.05, 3.63) is 64.2 Å². The van der Waals surface area contributed by atoms with Crippen LogP contribution in [0.4, 0.5) is 10.5 Å². The monoisotopic (exact) mass is 415 g/mol. The van der Waals surface area contributed by atoms with Gasteiger partial charge in [0.2, 0.25) is 0 Å². The Morgan fingerprint density at radius 1 is 1.07 bits per heavy atom. The van der Waals surface area contributed by atoms with Gasteiger partial charge in [-0.2, -0.15) is 0 Å². The lowest BCUT2D eigenvalue weighted by molar-refractivity contribution is -0.147. The number of esters is 1. The van der Waals surface area contributed by atoms with Gasteiger partial charge in [0.05, 0.1) is 12.5 Å². The molecule has 152 valence electrons. The number of hydrogen-bond donors (Lipinski definition) is 3. The van der Waals surface area contributed by atoms with Crippen LogP contribution in [-0.2, 0) is 27.2 Å². The van der Waals surface area contributed by atoms with Crippen molar-refractivity contribution < 1.29 is 19.1 Å². The first-order valence-corrected chi connectivity index (χ1v) is 9.67. The molecule has 1 atom stereocenters. The summed E-state index contributed by atoms with van der Waals surface area (Å²) in [5.41, 5.74) is 9.07. The van der Waals surface area contributed by atoms with E-state index in [-0.39, 0.29) is 6.42 Å². The Kier molecular flexibility index (Phi) is 6.72. The number of amides is 3. The van der Waals surface area contributed by atoms with E-state index in [1.165, 1.54) is 11.1 Å². The zero-order valence-corrected chi connectivity index (χ0v) is 16.5. The molecule has 0 saturated heterocycles. The highest BCUT2D eigenvalue weighted by Gasteiger charge is 2.19. The lowest BCUT2D eigenvalue weighted by Gasteiger charge is -2.17. The van der Waals surface area contributed by atoms with Crippen molar-refractivity contribution in [1.29, 1.82) is 0 Å². The van der Waals surface area contributed by atoms with E-state index in [4.69, 9.17) is 22.1 Å². The van der Waals surface area contributed by atoms with Gasteiger partial charge < -0.3 is 21.1 Å². The fourth-order valence-electron chi connectivity index (χ4n) is 3.34. The second-order valence-electron chi connectivity index (χ2n) is 6.86. The molecule has 1 aliphatic rings. The van der Waals surface area contributed by atoms with Crippen molar-refractivity contribution >= 4 is 35.2 Å². The van der Waals surface area contributed by atoms with Crippen LogP contribution >= 0.6 is 11.6 Å². The van der Waals surface area contributed by atoms with E-state index in [0.717, 1.165) is 19.3 Å². The third-order valence-electron chi connectivity index (χ3n) is 4.71.